The molecule has 0 atom stereocenters. The zero-order valence-electron chi connectivity index (χ0n) is 8.80. The summed E-state index contributed by atoms with van der Waals surface area (Å²) in [4.78, 5) is 23.6. The number of nitrogen functional groups attached to an aromatic ring is 1. The summed E-state index contributed by atoms with van der Waals surface area (Å²) in [5, 5.41) is 1.77. The van der Waals surface area contributed by atoms with E-state index in [4.69, 9.17) is 17.3 Å². The second kappa shape index (κ2) is 3.56. The lowest BCUT2D eigenvalue weighted by Crippen LogP contribution is -2.35. The first-order chi connectivity index (χ1) is 8.16. The molecule has 2 aromatic heterocycles. The molecule has 1 saturated heterocycles. The van der Waals surface area contributed by atoms with E-state index in [1.165, 1.54) is 6.33 Å². The molecule has 1 aliphatic rings. The third-order valence-electron chi connectivity index (χ3n) is 2.66. The van der Waals surface area contributed by atoms with Crippen molar-refractivity contribution < 1.29 is 4.79 Å². The van der Waals surface area contributed by atoms with Crippen molar-refractivity contribution in [2.45, 2.75) is 12.8 Å². The number of hydrogen-bond acceptors (Lipinski definition) is 5. The number of fused-ring (bicyclic) bond motifs is 1. The number of halogens is 1. The minimum absolute atomic E-state index is 0.0395. The number of imidazole rings is 1. The smallest absolute Gasteiger partial charge is 0.241 e. The van der Waals surface area contributed by atoms with Crippen LogP contribution in [-0.4, -0.2) is 32.1 Å². The number of anilines is 1. The molecule has 0 aromatic carbocycles. The van der Waals surface area contributed by atoms with Crippen LogP contribution >= 0.6 is 11.6 Å². The van der Waals surface area contributed by atoms with Crippen molar-refractivity contribution in [1.29, 1.82) is 0 Å². The molecule has 2 aromatic rings. The van der Waals surface area contributed by atoms with E-state index in [0.29, 0.717) is 24.1 Å². The van der Waals surface area contributed by atoms with E-state index in [-0.39, 0.29) is 17.0 Å². The highest BCUT2D eigenvalue weighted by Crippen LogP contribution is 2.21. The maximum Gasteiger partial charge on any atom is 0.241 e. The first kappa shape index (κ1) is 10.3. The highest BCUT2D eigenvalue weighted by atomic mass is 35.5. The molecule has 0 saturated carbocycles. The van der Waals surface area contributed by atoms with Crippen LogP contribution in [0.25, 0.3) is 11.2 Å². The van der Waals surface area contributed by atoms with E-state index in [1.54, 1.807) is 9.69 Å². The number of rotatable bonds is 1. The molecule has 0 radical (unpaired) electrons. The number of amides is 1. The van der Waals surface area contributed by atoms with Gasteiger partial charge in [-0.3, -0.25) is 4.79 Å². The summed E-state index contributed by atoms with van der Waals surface area (Å²) in [5.41, 5.74) is 6.44. The predicted octanol–water partition coefficient (Wildman–Crippen LogP) is 0.320. The Balaban J connectivity index is 2.20. The Morgan fingerprint density at radius 1 is 1.41 bits per heavy atom. The van der Waals surface area contributed by atoms with Crippen molar-refractivity contribution in [1.82, 2.24) is 19.6 Å². The van der Waals surface area contributed by atoms with Gasteiger partial charge >= 0.3 is 0 Å². The minimum Gasteiger partial charge on any atom is -0.368 e. The molecular weight excluding hydrogens is 244 g/mol. The number of aromatic nitrogens is 4. The topological polar surface area (TPSA) is 89.9 Å². The fourth-order valence-corrected chi connectivity index (χ4v) is 2.13. The molecule has 8 heteroatoms. The van der Waals surface area contributed by atoms with Crippen molar-refractivity contribution in [2.24, 2.45) is 0 Å². The van der Waals surface area contributed by atoms with Gasteiger partial charge in [0.25, 0.3) is 0 Å². The van der Waals surface area contributed by atoms with Crippen LogP contribution < -0.4 is 10.7 Å². The molecule has 1 fully saturated rings. The van der Waals surface area contributed by atoms with Gasteiger partial charge in [-0.15, -0.1) is 0 Å². The predicted molar refractivity (Wildman–Crippen MR) is 62.1 cm³/mol. The van der Waals surface area contributed by atoms with Crippen molar-refractivity contribution in [3.8, 4) is 0 Å². The van der Waals surface area contributed by atoms with Gasteiger partial charge in [0.1, 0.15) is 11.8 Å². The number of carbonyl (C=O) groups excluding carboxylic acids is 1. The molecule has 0 unspecified atom stereocenters. The largest absolute Gasteiger partial charge is 0.368 e. The first-order valence-corrected chi connectivity index (χ1v) is 5.51. The zero-order chi connectivity index (χ0) is 12.0. The van der Waals surface area contributed by atoms with E-state index in [9.17, 15) is 4.79 Å². The maximum atomic E-state index is 11.7. The molecule has 3 rings (SSSR count). The first-order valence-electron chi connectivity index (χ1n) is 5.13. The average molecular weight is 253 g/mol. The molecule has 1 amide bonds. The summed E-state index contributed by atoms with van der Waals surface area (Å²) in [7, 11) is 0. The van der Waals surface area contributed by atoms with Crippen LogP contribution in [0.1, 0.15) is 12.8 Å². The molecule has 7 nitrogen and oxygen atoms in total. The Kier molecular flexibility index (Phi) is 2.15. The van der Waals surface area contributed by atoms with Gasteiger partial charge in [-0.25, -0.2) is 14.7 Å². The number of carbonyl (C=O) groups is 1. The number of nitrogens with two attached hydrogens (primary N) is 1. The van der Waals surface area contributed by atoms with Crippen molar-refractivity contribution in [2.75, 3.05) is 17.3 Å². The molecule has 0 aliphatic carbocycles. The van der Waals surface area contributed by atoms with Crippen molar-refractivity contribution in [3.05, 3.63) is 11.5 Å². The fraction of sp³-hybridized carbons (Fsp3) is 0.333. The molecule has 17 heavy (non-hydrogen) atoms. The molecule has 88 valence electrons. The fourth-order valence-electron chi connectivity index (χ4n) is 1.91. The van der Waals surface area contributed by atoms with Crippen molar-refractivity contribution in [3.63, 3.8) is 0 Å². The quantitative estimate of drug-likeness (QED) is 0.738. The second-order valence-corrected chi connectivity index (χ2v) is 4.11. The Bertz CT molecular complexity index is 609. The summed E-state index contributed by atoms with van der Waals surface area (Å²) >= 11 is 5.91. The molecule has 0 bridgehead atoms. The maximum absolute atomic E-state index is 11.7. The van der Waals surface area contributed by atoms with Crippen LogP contribution in [-0.2, 0) is 4.79 Å². The number of hydrogen-bond donors (Lipinski definition) is 1. The van der Waals surface area contributed by atoms with Gasteiger partial charge in [0.15, 0.2) is 10.8 Å². The molecule has 3 heterocycles. The van der Waals surface area contributed by atoms with Crippen LogP contribution in [0, 0.1) is 0 Å². The van der Waals surface area contributed by atoms with Crippen LogP contribution in [0.3, 0.4) is 0 Å². The monoisotopic (exact) mass is 252 g/mol. The lowest BCUT2D eigenvalue weighted by atomic mass is 10.4. The summed E-state index contributed by atoms with van der Waals surface area (Å²) in [6, 6.07) is 0. The van der Waals surface area contributed by atoms with Gasteiger partial charge < -0.3 is 5.73 Å². The summed E-state index contributed by atoms with van der Waals surface area (Å²) in [6.07, 6.45) is 2.87. The van der Waals surface area contributed by atoms with Gasteiger partial charge in [0.2, 0.25) is 11.9 Å². The highest BCUT2D eigenvalue weighted by molar-refractivity contribution is 6.33. The van der Waals surface area contributed by atoms with Gasteiger partial charge in [-0.2, -0.15) is 9.97 Å². The summed E-state index contributed by atoms with van der Waals surface area (Å²) < 4.78 is 1.58. The summed E-state index contributed by atoms with van der Waals surface area (Å²) in [5.74, 6) is 0.105. The van der Waals surface area contributed by atoms with Crippen LogP contribution in [0.5, 0.6) is 0 Å². The lowest BCUT2D eigenvalue weighted by Gasteiger charge is -2.16. The Morgan fingerprint density at radius 3 is 2.94 bits per heavy atom. The van der Waals surface area contributed by atoms with E-state index in [1.807, 2.05) is 0 Å². The van der Waals surface area contributed by atoms with E-state index < -0.39 is 0 Å². The highest BCUT2D eigenvalue weighted by Gasteiger charge is 2.24. The van der Waals surface area contributed by atoms with E-state index in [2.05, 4.69) is 15.0 Å². The van der Waals surface area contributed by atoms with E-state index >= 15 is 0 Å². The molecule has 1 aliphatic heterocycles. The third-order valence-corrected chi connectivity index (χ3v) is 2.93. The van der Waals surface area contributed by atoms with Crippen molar-refractivity contribution >= 4 is 34.6 Å². The standard InChI is InChI=1S/C9H9ClN6O/c10-7-6-8(14-9(11)13-7)16(4-12-6)15-3-1-2-5(15)17/h4H,1-3H2,(H2,11,13,14). The SMILES string of the molecule is Nc1nc(Cl)c2ncn(N3CCCC3=O)c2n1. The summed E-state index contributed by atoms with van der Waals surface area (Å²) in [6.45, 7) is 0.645. The van der Waals surface area contributed by atoms with E-state index in [0.717, 1.165) is 6.42 Å². The zero-order valence-corrected chi connectivity index (χ0v) is 9.55. The number of nitrogens with zero attached hydrogens (tertiary/aromatic N) is 5. The average Bonchev–Trinajstić information content (AvgIpc) is 2.84. The molecular formula is C9H9ClN6O. The van der Waals surface area contributed by atoms with Gasteiger partial charge in [0, 0.05) is 13.0 Å². The molecule has 2 N–H and O–H groups in total. The van der Waals surface area contributed by atoms with Gasteiger partial charge in [-0.05, 0) is 6.42 Å². The Hall–Kier alpha value is -1.89. The Morgan fingerprint density at radius 2 is 2.24 bits per heavy atom. The normalized spacial score (nSPS) is 16.1. The van der Waals surface area contributed by atoms with Gasteiger partial charge in [-0.1, -0.05) is 11.6 Å². The Labute approximate surface area is 101 Å². The third kappa shape index (κ3) is 1.50. The molecule has 0 spiro atoms. The van der Waals surface area contributed by atoms with Gasteiger partial charge in [0.05, 0.1) is 0 Å². The minimum atomic E-state index is 0.0395. The lowest BCUT2D eigenvalue weighted by molar-refractivity contribution is -0.118. The van der Waals surface area contributed by atoms with Crippen LogP contribution in [0.4, 0.5) is 5.95 Å². The van der Waals surface area contributed by atoms with Crippen LogP contribution in [0.2, 0.25) is 5.15 Å². The van der Waals surface area contributed by atoms with Crippen LogP contribution in [0.15, 0.2) is 6.33 Å². The second-order valence-electron chi connectivity index (χ2n) is 3.75.